The van der Waals surface area contributed by atoms with Crippen molar-refractivity contribution >= 4 is 5.69 Å². The summed E-state index contributed by atoms with van der Waals surface area (Å²) in [5, 5.41) is 20.7. The van der Waals surface area contributed by atoms with Crippen molar-refractivity contribution in [2.75, 3.05) is 4.90 Å². The summed E-state index contributed by atoms with van der Waals surface area (Å²) in [5.74, 6) is 1.47. The van der Waals surface area contributed by atoms with Gasteiger partial charge < -0.3 is 19.7 Å². The van der Waals surface area contributed by atoms with Crippen molar-refractivity contribution in [2.45, 2.75) is 38.1 Å². The molecule has 1 aliphatic heterocycles. The summed E-state index contributed by atoms with van der Waals surface area (Å²) in [6.45, 7) is 4.23. The molecule has 0 spiro atoms. The van der Waals surface area contributed by atoms with Crippen LogP contribution in [-0.2, 0) is 6.54 Å². The predicted molar refractivity (Wildman–Crippen MR) is 106 cm³/mol. The monoisotopic (exact) mass is 374 g/mol. The molecule has 0 unspecified atom stereocenters. The number of nitrogens with one attached hydrogen (secondary N) is 1. The van der Waals surface area contributed by atoms with Crippen molar-refractivity contribution in [3.8, 4) is 11.8 Å². The van der Waals surface area contributed by atoms with Gasteiger partial charge in [-0.1, -0.05) is 18.2 Å². The number of hydrogen-bond acceptors (Lipinski definition) is 5. The van der Waals surface area contributed by atoms with Gasteiger partial charge in [0.15, 0.2) is 0 Å². The van der Waals surface area contributed by atoms with Crippen LogP contribution < -0.4 is 9.64 Å². The highest BCUT2D eigenvalue weighted by Crippen LogP contribution is 2.45. The molecule has 0 amide bonds. The maximum absolute atomic E-state index is 11.3. The number of anilines is 1. The number of imidazole rings is 1. The second-order valence-corrected chi connectivity index (χ2v) is 7.46. The van der Waals surface area contributed by atoms with Crippen molar-refractivity contribution in [3.63, 3.8) is 0 Å². The van der Waals surface area contributed by atoms with Gasteiger partial charge in [0, 0.05) is 23.6 Å². The Morgan fingerprint density at radius 2 is 2.04 bits per heavy atom. The summed E-state index contributed by atoms with van der Waals surface area (Å²) < 4.78 is 6.07. The van der Waals surface area contributed by atoms with Gasteiger partial charge in [0.25, 0.3) is 0 Å². The van der Waals surface area contributed by atoms with E-state index in [1.165, 1.54) is 0 Å². The highest BCUT2D eigenvalue weighted by Gasteiger charge is 2.45. The fourth-order valence-electron chi connectivity index (χ4n) is 3.69. The molecule has 1 aromatic heterocycles. The lowest BCUT2D eigenvalue weighted by Gasteiger charge is -2.47. The number of H-pyrrole nitrogens is 1. The normalized spacial score (nSPS) is 19.9. The SMILES string of the molecule is CC1(C)Oc2ccc(C#N)cc2[C@@H](N(Cc2ncc[nH]2)c2ccccc2)[C@@H]1O. The van der Waals surface area contributed by atoms with E-state index in [9.17, 15) is 10.4 Å². The van der Waals surface area contributed by atoms with Crippen LogP contribution in [0.5, 0.6) is 5.75 Å². The first-order valence-corrected chi connectivity index (χ1v) is 9.20. The van der Waals surface area contributed by atoms with Gasteiger partial charge >= 0.3 is 0 Å². The number of rotatable bonds is 4. The van der Waals surface area contributed by atoms with Crippen molar-refractivity contribution in [1.82, 2.24) is 9.97 Å². The second kappa shape index (κ2) is 7.02. The first-order chi connectivity index (χ1) is 13.5. The first kappa shape index (κ1) is 18.1. The summed E-state index contributed by atoms with van der Waals surface area (Å²) in [6.07, 6.45) is 2.68. The van der Waals surface area contributed by atoms with E-state index in [-0.39, 0.29) is 0 Å². The fraction of sp³-hybridized carbons (Fsp3) is 0.273. The number of aromatic amines is 1. The van der Waals surface area contributed by atoms with E-state index >= 15 is 0 Å². The number of fused-ring (bicyclic) bond motifs is 1. The van der Waals surface area contributed by atoms with Crippen LogP contribution in [0.3, 0.4) is 0 Å². The Labute approximate surface area is 164 Å². The molecule has 1 aliphatic rings. The minimum Gasteiger partial charge on any atom is -0.485 e. The molecule has 0 saturated heterocycles. The van der Waals surface area contributed by atoms with Gasteiger partial charge in [-0.05, 0) is 44.2 Å². The van der Waals surface area contributed by atoms with Crippen LogP contribution in [0.4, 0.5) is 5.69 Å². The number of aliphatic hydroxyl groups excluding tert-OH is 1. The highest BCUT2D eigenvalue weighted by atomic mass is 16.5. The van der Waals surface area contributed by atoms with Crippen LogP contribution in [-0.4, -0.2) is 26.8 Å². The second-order valence-electron chi connectivity index (χ2n) is 7.46. The lowest BCUT2D eigenvalue weighted by atomic mass is 9.84. The van der Waals surface area contributed by atoms with Gasteiger partial charge in [-0.3, -0.25) is 0 Å². The Morgan fingerprint density at radius 3 is 2.71 bits per heavy atom. The van der Waals surface area contributed by atoms with Gasteiger partial charge in [0.05, 0.1) is 24.2 Å². The van der Waals surface area contributed by atoms with Gasteiger partial charge in [0.1, 0.15) is 23.3 Å². The van der Waals surface area contributed by atoms with Gasteiger partial charge in [-0.2, -0.15) is 5.26 Å². The van der Waals surface area contributed by atoms with Crippen molar-refractivity contribution < 1.29 is 9.84 Å². The van der Waals surface area contributed by atoms with Gasteiger partial charge in [-0.25, -0.2) is 4.98 Å². The topological polar surface area (TPSA) is 85.2 Å². The van der Waals surface area contributed by atoms with Crippen LogP contribution >= 0.6 is 0 Å². The maximum Gasteiger partial charge on any atom is 0.132 e. The summed E-state index contributed by atoms with van der Waals surface area (Å²) in [4.78, 5) is 9.61. The average molecular weight is 374 g/mol. The molecule has 0 saturated carbocycles. The summed E-state index contributed by atoms with van der Waals surface area (Å²) in [6, 6.07) is 17.0. The Kier molecular flexibility index (Phi) is 4.54. The molecule has 142 valence electrons. The van der Waals surface area contributed by atoms with E-state index < -0.39 is 17.7 Å². The summed E-state index contributed by atoms with van der Waals surface area (Å²) in [7, 11) is 0. The number of hydrogen-bond donors (Lipinski definition) is 2. The zero-order valence-corrected chi connectivity index (χ0v) is 15.8. The van der Waals surface area contributed by atoms with E-state index in [1.807, 2.05) is 50.2 Å². The van der Waals surface area contributed by atoms with Crippen LogP contribution in [0.15, 0.2) is 60.9 Å². The van der Waals surface area contributed by atoms with Gasteiger partial charge in [-0.15, -0.1) is 0 Å². The molecule has 2 aromatic carbocycles. The molecule has 3 aromatic rings. The van der Waals surface area contributed by atoms with E-state index in [2.05, 4.69) is 20.9 Å². The Morgan fingerprint density at radius 1 is 1.25 bits per heavy atom. The van der Waals surface area contributed by atoms with Crippen LogP contribution in [0, 0.1) is 11.3 Å². The highest BCUT2D eigenvalue weighted by molar-refractivity contribution is 5.54. The molecule has 2 N–H and O–H groups in total. The third-order valence-corrected chi connectivity index (χ3v) is 5.14. The van der Waals surface area contributed by atoms with E-state index in [1.54, 1.807) is 24.5 Å². The molecule has 28 heavy (non-hydrogen) atoms. The molecule has 2 heterocycles. The largest absolute Gasteiger partial charge is 0.485 e. The predicted octanol–water partition coefficient (Wildman–Crippen LogP) is 3.56. The molecule has 0 radical (unpaired) electrons. The Bertz CT molecular complexity index is 993. The molecular weight excluding hydrogens is 352 g/mol. The quantitative estimate of drug-likeness (QED) is 0.729. The summed E-state index contributed by atoms with van der Waals surface area (Å²) >= 11 is 0. The molecule has 2 atom stereocenters. The molecule has 6 heteroatoms. The number of nitriles is 1. The van der Waals surface area contributed by atoms with E-state index in [0.717, 1.165) is 17.1 Å². The Hall–Kier alpha value is -3.30. The van der Waals surface area contributed by atoms with Crippen molar-refractivity contribution in [1.29, 1.82) is 5.26 Å². The molecule has 0 aliphatic carbocycles. The zero-order chi connectivity index (χ0) is 19.7. The summed E-state index contributed by atoms with van der Waals surface area (Å²) in [5.41, 5.74) is 1.49. The fourth-order valence-corrected chi connectivity index (χ4v) is 3.69. The lowest BCUT2D eigenvalue weighted by molar-refractivity contribution is -0.0590. The first-order valence-electron chi connectivity index (χ1n) is 9.20. The average Bonchev–Trinajstić information content (AvgIpc) is 3.21. The van der Waals surface area contributed by atoms with Crippen LogP contribution in [0.25, 0.3) is 0 Å². The number of para-hydroxylation sites is 1. The minimum atomic E-state index is -0.816. The van der Waals surface area contributed by atoms with E-state index in [0.29, 0.717) is 17.9 Å². The number of ether oxygens (including phenoxy) is 1. The molecule has 6 nitrogen and oxygen atoms in total. The molecule has 0 fully saturated rings. The number of nitrogens with zero attached hydrogens (tertiary/aromatic N) is 3. The van der Waals surface area contributed by atoms with Gasteiger partial charge in [0.2, 0.25) is 0 Å². The van der Waals surface area contributed by atoms with Crippen molar-refractivity contribution in [3.05, 3.63) is 77.9 Å². The molecule has 0 bridgehead atoms. The molecular formula is C22H22N4O2. The van der Waals surface area contributed by atoms with Crippen LogP contribution in [0.1, 0.15) is 36.8 Å². The minimum absolute atomic E-state index is 0.403. The zero-order valence-electron chi connectivity index (χ0n) is 15.8. The number of benzene rings is 2. The smallest absolute Gasteiger partial charge is 0.132 e. The van der Waals surface area contributed by atoms with Crippen molar-refractivity contribution in [2.24, 2.45) is 0 Å². The van der Waals surface area contributed by atoms with E-state index in [4.69, 9.17) is 4.74 Å². The van der Waals surface area contributed by atoms with Crippen LogP contribution in [0.2, 0.25) is 0 Å². The lowest BCUT2D eigenvalue weighted by Crippen LogP contribution is -2.53. The Balaban J connectivity index is 1.87. The molecule has 4 rings (SSSR count). The third-order valence-electron chi connectivity index (χ3n) is 5.14. The maximum atomic E-state index is 11.3. The third kappa shape index (κ3) is 3.21. The number of aromatic nitrogens is 2. The number of aliphatic hydroxyl groups is 1. The standard InChI is InChI=1S/C22H22N4O2/c1-22(2)21(27)20(17-12-15(13-23)8-9-18(17)28-22)26(14-19-24-10-11-25-19)16-6-4-3-5-7-16/h3-12,20-21,27H,14H2,1-2H3,(H,24,25)/t20-,21+/m1/s1.